The molecule has 3 aromatic heterocycles. The zero-order chi connectivity index (χ0) is 16.4. The first-order chi connectivity index (χ1) is 11.8. The molecule has 0 amide bonds. The lowest BCUT2D eigenvalue weighted by Gasteiger charge is -1.98. The van der Waals surface area contributed by atoms with Crippen molar-refractivity contribution in [1.29, 1.82) is 5.26 Å². The minimum atomic E-state index is 0.467. The zero-order valence-corrected chi connectivity index (χ0v) is 12.6. The lowest BCUT2D eigenvalue weighted by atomic mass is 10.1. The van der Waals surface area contributed by atoms with Gasteiger partial charge in [0.1, 0.15) is 17.3 Å². The van der Waals surface area contributed by atoms with Crippen molar-refractivity contribution in [2.24, 2.45) is 0 Å². The van der Waals surface area contributed by atoms with E-state index in [1.807, 2.05) is 42.5 Å². The van der Waals surface area contributed by atoms with Crippen LogP contribution in [0.2, 0.25) is 0 Å². The number of furan rings is 1. The second-order valence-corrected chi connectivity index (χ2v) is 5.23. The van der Waals surface area contributed by atoms with Gasteiger partial charge in [-0.1, -0.05) is 24.3 Å². The molecule has 4 aromatic rings. The number of para-hydroxylation sites is 1. The Balaban J connectivity index is 1.80. The number of nitrogens with one attached hydrogen (secondary N) is 1. The largest absolute Gasteiger partial charge is 0.454 e. The molecule has 114 valence electrons. The molecule has 5 heteroatoms. The molecule has 0 radical (unpaired) electrons. The fourth-order valence-corrected chi connectivity index (χ4v) is 2.55. The lowest BCUT2D eigenvalue weighted by molar-refractivity contribution is 0.628. The Morgan fingerprint density at radius 2 is 2.04 bits per heavy atom. The van der Waals surface area contributed by atoms with Crippen LogP contribution in [0, 0.1) is 11.3 Å². The van der Waals surface area contributed by atoms with Crippen LogP contribution < -0.4 is 0 Å². The topological polar surface area (TPSA) is 78.5 Å². The quantitative estimate of drug-likeness (QED) is 0.573. The summed E-state index contributed by atoms with van der Waals surface area (Å²) in [6.45, 7) is 0. The van der Waals surface area contributed by atoms with E-state index in [1.54, 1.807) is 24.5 Å². The van der Waals surface area contributed by atoms with Crippen LogP contribution in [-0.4, -0.2) is 15.2 Å². The number of benzene rings is 1. The van der Waals surface area contributed by atoms with Gasteiger partial charge in [0.15, 0.2) is 5.76 Å². The fraction of sp³-hybridized carbons (Fsp3) is 0. The molecule has 0 aliphatic heterocycles. The monoisotopic (exact) mass is 312 g/mol. The van der Waals surface area contributed by atoms with Gasteiger partial charge in [0.2, 0.25) is 0 Å². The van der Waals surface area contributed by atoms with Gasteiger partial charge >= 0.3 is 0 Å². The Kier molecular flexibility index (Phi) is 3.41. The summed E-state index contributed by atoms with van der Waals surface area (Å²) in [5.41, 5.74) is 3.40. The number of nitriles is 1. The van der Waals surface area contributed by atoms with Gasteiger partial charge in [-0.2, -0.15) is 10.4 Å². The van der Waals surface area contributed by atoms with Gasteiger partial charge in [-0.25, -0.2) is 0 Å². The second-order valence-electron chi connectivity index (χ2n) is 5.23. The number of H-pyrrole nitrogens is 1. The molecule has 0 fully saturated rings. The predicted molar refractivity (Wildman–Crippen MR) is 91.5 cm³/mol. The zero-order valence-electron chi connectivity index (χ0n) is 12.6. The van der Waals surface area contributed by atoms with Crippen molar-refractivity contribution in [1.82, 2.24) is 15.2 Å². The molecule has 0 bridgehead atoms. The first kappa shape index (κ1) is 14.0. The van der Waals surface area contributed by atoms with E-state index < -0.39 is 0 Å². The molecule has 0 spiro atoms. The molecule has 0 aliphatic carbocycles. The summed E-state index contributed by atoms with van der Waals surface area (Å²) in [4.78, 5) is 4.22. The van der Waals surface area contributed by atoms with Crippen LogP contribution in [0.3, 0.4) is 0 Å². The number of allylic oxidation sites excluding steroid dienone is 1. The highest BCUT2D eigenvalue weighted by Gasteiger charge is 2.13. The Morgan fingerprint density at radius 3 is 2.83 bits per heavy atom. The number of pyridine rings is 1. The van der Waals surface area contributed by atoms with Crippen molar-refractivity contribution in [2.75, 3.05) is 0 Å². The normalized spacial score (nSPS) is 11.5. The van der Waals surface area contributed by atoms with Crippen molar-refractivity contribution in [2.45, 2.75) is 0 Å². The maximum Gasteiger partial charge on any atom is 0.153 e. The van der Waals surface area contributed by atoms with Crippen molar-refractivity contribution in [3.8, 4) is 17.5 Å². The number of nitrogens with zero attached hydrogens (tertiary/aromatic N) is 3. The summed E-state index contributed by atoms with van der Waals surface area (Å²) in [5, 5.41) is 17.5. The maximum absolute atomic E-state index is 9.44. The van der Waals surface area contributed by atoms with E-state index in [0.717, 1.165) is 22.2 Å². The van der Waals surface area contributed by atoms with Crippen molar-refractivity contribution >= 4 is 22.6 Å². The fourth-order valence-electron chi connectivity index (χ4n) is 2.55. The van der Waals surface area contributed by atoms with Crippen LogP contribution in [0.25, 0.3) is 34.1 Å². The standard InChI is InChI=1S/C19H12N4O/c20-11-14(16-6-3-4-8-21-16)9-15-12-22-23-19(15)18-10-13-5-1-2-7-17(13)24-18/h1-10,12H,(H,22,23)/b14-9+. The summed E-state index contributed by atoms with van der Waals surface area (Å²) >= 11 is 0. The molecule has 0 saturated carbocycles. The van der Waals surface area contributed by atoms with E-state index in [1.165, 1.54) is 0 Å². The third kappa shape index (κ3) is 2.46. The second kappa shape index (κ2) is 5.86. The number of aromatic nitrogens is 3. The van der Waals surface area contributed by atoms with Crippen molar-refractivity contribution in [3.05, 3.63) is 72.2 Å². The summed E-state index contributed by atoms with van der Waals surface area (Å²) < 4.78 is 5.87. The molecule has 24 heavy (non-hydrogen) atoms. The molecule has 5 nitrogen and oxygen atoms in total. The first-order valence-electron chi connectivity index (χ1n) is 7.40. The smallest absolute Gasteiger partial charge is 0.153 e. The van der Waals surface area contributed by atoms with Crippen molar-refractivity contribution < 1.29 is 4.42 Å². The molecule has 1 aromatic carbocycles. The highest BCUT2D eigenvalue weighted by Crippen LogP contribution is 2.30. The summed E-state index contributed by atoms with van der Waals surface area (Å²) in [6.07, 6.45) is 5.09. The Labute approximate surface area is 137 Å². The van der Waals surface area contributed by atoms with Crippen LogP contribution in [0.15, 0.2) is 65.3 Å². The minimum Gasteiger partial charge on any atom is -0.454 e. The summed E-state index contributed by atoms with van der Waals surface area (Å²) in [7, 11) is 0. The number of hydrogen-bond donors (Lipinski definition) is 1. The van der Waals surface area contributed by atoms with Crippen LogP contribution in [0.1, 0.15) is 11.3 Å². The number of rotatable bonds is 3. The molecule has 0 saturated heterocycles. The van der Waals surface area contributed by atoms with Crippen LogP contribution in [0.5, 0.6) is 0 Å². The summed E-state index contributed by atoms with van der Waals surface area (Å²) in [5.74, 6) is 0.679. The molecule has 4 rings (SSSR count). The van der Waals surface area contributed by atoms with E-state index in [0.29, 0.717) is 17.0 Å². The maximum atomic E-state index is 9.44. The van der Waals surface area contributed by atoms with Gasteiger partial charge in [-0.05, 0) is 30.3 Å². The third-order valence-corrected chi connectivity index (χ3v) is 3.70. The number of aromatic amines is 1. The van der Waals surface area contributed by atoms with Gasteiger partial charge in [-0.15, -0.1) is 0 Å². The van der Waals surface area contributed by atoms with Gasteiger partial charge in [-0.3, -0.25) is 10.1 Å². The van der Waals surface area contributed by atoms with Crippen LogP contribution >= 0.6 is 0 Å². The van der Waals surface area contributed by atoms with E-state index >= 15 is 0 Å². The molecule has 1 N–H and O–H groups in total. The molecule has 3 heterocycles. The minimum absolute atomic E-state index is 0.467. The first-order valence-corrected chi connectivity index (χ1v) is 7.40. The number of fused-ring (bicyclic) bond motifs is 1. The van der Waals surface area contributed by atoms with Crippen LogP contribution in [0.4, 0.5) is 0 Å². The molecular weight excluding hydrogens is 300 g/mol. The van der Waals surface area contributed by atoms with Gasteiger partial charge in [0.25, 0.3) is 0 Å². The third-order valence-electron chi connectivity index (χ3n) is 3.70. The van der Waals surface area contributed by atoms with Gasteiger partial charge < -0.3 is 4.42 Å². The molecule has 0 atom stereocenters. The van der Waals surface area contributed by atoms with E-state index in [9.17, 15) is 5.26 Å². The molecule has 0 unspecified atom stereocenters. The molecule has 0 aliphatic rings. The Hall–Kier alpha value is -3.65. The van der Waals surface area contributed by atoms with Crippen LogP contribution in [-0.2, 0) is 0 Å². The van der Waals surface area contributed by atoms with Crippen molar-refractivity contribution in [3.63, 3.8) is 0 Å². The van der Waals surface area contributed by atoms with E-state index in [4.69, 9.17) is 4.42 Å². The number of hydrogen-bond acceptors (Lipinski definition) is 4. The highest BCUT2D eigenvalue weighted by atomic mass is 16.3. The highest BCUT2D eigenvalue weighted by molar-refractivity contribution is 5.91. The van der Waals surface area contributed by atoms with E-state index in [2.05, 4.69) is 21.3 Å². The Morgan fingerprint density at radius 1 is 1.17 bits per heavy atom. The SMILES string of the molecule is N#C/C(=C\c1cn[nH]c1-c1cc2ccccc2o1)c1ccccn1. The Bertz CT molecular complexity index is 1030. The average molecular weight is 312 g/mol. The summed E-state index contributed by atoms with van der Waals surface area (Å²) in [6, 6.07) is 17.4. The predicted octanol–water partition coefficient (Wildman–Crippen LogP) is 4.28. The molecular formula is C19H12N4O. The van der Waals surface area contributed by atoms with Gasteiger partial charge in [0.05, 0.1) is 17.5 Å². The van der Waals surface area contributed by atoms with Gasteiger partial charge in [0, 0.05) is 17.1 Å². The van der Waals surface area contributed by atoms with E-state index in [-0.39, 0.29) is 0 Å². The lowest BCUT2D eigenvalue weighted by Crippen LogP contribution is -1.86. The average Bonchev–Trinajstić information content (AvgIpc) is 3.26.